The number of imidazole rings is 1. The van der Waals surface area contributed by atoms with Crippen molar-refractivity contribution in [2.24, 2.45) is 0 Å². The number of benzene rings is 1. The smallest absolute Gasteiger partial charge is 0.194 e. The van der Waals surface area contributed by atoms with Gasteiger partial charge in [0, 0.05) is 12.5 Å². The summed E-state index contributed by atoms with van der Waals surface area (Å²) in [6.45, 7) is 1.63. The van der Waals surface area contributed by atoms with Gasteiger partial charge in [-0.3, -0.25) is 0 Å². The van der Waals surface area contributed by atoms with Gasteiger partial charge in [0.1, 0.15) is 23.5 Å². The number of halogens is 2. The third-order valence-electron chi connectivity index (χ3n) is 3.72. The molecule has 3 aromatic rings. The summed E-state index contributed by atoms with van der Waals surface area (Å²) in [5.74, 6) is 0.364. The van der Waals surface area contributed by atoms with Crippen LogP contribution < -0.4 is 5.32 Å². The number of nitrogens with one attached hydrogen (secondary N) is 2. The highest BCUT2D eigenvalue weighted by molar-refractivity contribution is 7.90. The first kappa shape index (κ1) is 18.3. The highest BCUT2D eigenvalue weighted by atomic mass is 35.5. The maximum absolute atomic E-state index is 13.5. The number of aromatic amines is 1. The van der Waals surface area contributed by atoms with Crippen molar-refractivity contribution >= 4 is 27.3 Å². The summed E-state index contributed by atoms with van der Waals surface area (Å²) in [6, 6.07) is 9.00. The van der Waals surface area contributed by atoms with E-state index in [1.54, 1.807) is 37.4 Å². The van der Waals surface area contributed by atoms with Crippen LogP contribution in [0.4, 0.5) is 10.2 Å². The normalized spacial score (nSPS) is 12.8. The summed E-state index contributed by atoms with van der Waals surface area (Å²) in [4.78, 5) is 11.4. The lowest BCUT2D eigenvalue weighted by Crippen LogP contribution is -2.15. The lowest BCUT2D eigenvalue weighted by atomic mass is 10.1. The topological polar surface area (TPSA) is 87.7 Å². The number of hydrogen-bond donors (Lipinski definition) is 2. The highest BCUT2D eigenvalue weighted by Crippen LogP contribution is 2.28. The van der Waals surface area contributed by atoms with Crippen molar-refractivity contribution in [2.75, 3.05) is 11.6 Å². The molecular weight excluding hydrogens is 379 g/mol. The second kappa shape index (κ2) is 7.05. The van der Waals surface area contributed by atoms with E-state index in [9.17, 15) is 12.8 Å². The summed E-state index contributed by atoms with van der Waals surface area (Å²) in [5.41, 5.74) is 1.03. The lowest BCUT2D eigenvalue weighted by molar-refractivity contribution is 0.597. The van der Waals surface area contributed by atoms with Gasteiger partial charge in [-0.15, -0.1) is 0 Å². The maximum atomic E-state index is 13.5. The van der Waals surface area contributed by atoms with Crippen LogP contribution in [0.1, 0.15) is 23.1 Å². The van der Waals surface area contributed by atoms with Crippen LogP contribution >= 0.6 is 11.6 Å². The van der Waals surface area contributed by atoms with Gasteiger partial charge in [-0.25, -0.2) is 22.8 Å². The molecule has 26 heavy (non-hydrogen) atoms. The summed E-state index contributed by atoms with van der Waals surface area (Å²) < 4.78 is 37.3. The van der Waals surface area contributed by atoms with E-state index in [-0.39, 0.29) is 10.0 Å². The Labute approximate surface area is 155 Å². The summed E-state index contributed by atoms with van der Waals surface area (Å²) in [7, 11) is -3.49. The molecule has 1 atom stereocenters. The summed E-state index contributed by atoms with van der Waals surface area (Å²) in [6.07, 6.45) is 2.71. The Morgan fingerprint density at radius 2 is 2.04 bits per heavy atom. The Bertz CT molecular complexity index is 1040. The molecule has 0 fully saturated rings. The molecule has 9 heteroatoms. The molecule has 0 aliphatic rings. The molecule has 0 bridgehead atoms. The maximum Gasteiger partial charge on any atom is 0.194 e. The number of sulfone groups is 1. The standard InChI is InChI=1S/C17H16ClFN4O2S/c1-10-17(26(2,24)25)23-16(21-10)15(22-14-5-3-4-8-20-14)11-6-7-13(19)12(18)9-11/h3-9,15H,1-2H3,(H,20,22)(H,21,23)/t15-/m0/s1. The Morgan fingerprint density at radius 1 is 1.27 bits per heavy atom. The second-order valence-electron chi connectivity index (χ2n) is 5.79. The van der Waals surface area contributed by atoms with Crippen molar-refractivity contribution in [1.82, 2.24) is 15.0 Å². The molecule has 0 radical (unpaired) electrons. The van der Waals surface area contributed by atoms with E-state index < -0.39 is 21.7 Å². The minimum absolute atomic E-state index is 0.0338. The number of anilines is 1. The number of pyridine rings is 1. The zero-order valence-corrected chi connectivity index (χ0v) is 15.6. The highest BCUT2D eigenvalue weighted by Gasteiger charge is 2.24. The number of nitrogens with zero attached hydrogens (tertiary/aromatic N) is 2. The van der Waals surface area contributed by atoms with E-state index in [1.165, 1.54) is 12.1 Å². The fourth-order valence-corrected chi connectivity index (χ4v) is 3.62. The van der Waals surface area contributed by atoms with Crippen LogP contribution in [0.15, 0.2) is 47.6 Å². The van der Waals surface area contributed by atoms with Crippen LogP contribution in [0, 0.1) is 12.7 Å². The van der Waals surface area contributed by atoms with Gasteiger partial charge in [-0.2, -0.15) is 0 Å². The molecule has 136 valence electrons. The summed E-state index contributed by atoms with van der Waals surface area (Å²) in [5, 5.41) is 3.10. The number of hydrogen-bond acceptors (Lipinski definition) is 5. The lowest BCUT2D eigenvalue weighted by Gasteiger charge is -2.18. The number of aryl methyl sites for hydroxylation is 1. The van der Waals surface area contributed by atoms with E-state index in [2.05, 4.69) is 20.3 Å². The van der Waals surface area contributed by atoms with E-state index in [4.69, 9.17) is 11.6 Å². The second-order valence-corrected chi connectivity index (χ2v) is 8.13. The van der Waals surface area contributed by atoms with Gasteiger partial charge in [-0.05, 0) is 36.8 Å². The van der Waals surface area contributed by atoms with Crippen LogP contribution in [-0.2, 0) is 9.84 Å². The third-order valence-corrected chi connectivity index (χ3v) is 5.11. The SMILES string of the molecule is Cc1[nH]c([C@@H](Nc2ccccn2)c2ccc(F)c(Cl)c2)nc1S(C)(=O)=O. The van der Waals surface area contributed by atoms with Gasteiger partial charge in [0.25, 0.3) is 0 Å². The Balaban J connectivity index is 2.10. The van der Waals surface area contributed by atoms with Gasteiger partial charge in [-0.1, -0.05) is 23.7 Å². The molecule has 0 aliphatic heterocycles. The average Bonchev–Trinajstić information content (AvgIpc) is 2.98. The molecule has 0 saturated carbocycles. The van der Waals surface area contributed by atoms with Crippen LogP contribution in [0.25, 0.3) is 0 Å². The van der Waals surface area contributed by atoms with Gasteiger partial charge in [0.05, 0.1) is 10.7 Å². The van der Waals surface area contributed by atoms with Crippen molar-refractivity contribution in [3.8, 4) is 0 Å². The van der Waals surface area contributed by atoms with Gasteiger partial charge >= 0.3 is 0 Å². The van der Waals surface area contributed by atoms with Crippen LogP contribution in [0.5, 0.6) is 0 Å². The first-order chi connectivity index (χ1) is 12.3. The van der Waals surface area contributed by atoms with Crippen molar-refractivity contribution in [3.63, 3.8) is 0 Å². The van der Waals surface area contributed by atoms with Gasteiger partial charge in [0.15, 0.2) is 14.9 Å². The van der Waals surface area contributed by atoms with Crippen molar-refractivity contribution in [1.29, 1.82) is 0 Å². The minimum Gasteiger partial charge on any atom is -0.356 e. The van der Waals surface area contributed by atoms with Crippen molar-refractivity contribution in [3.05, 3.63) is 70.5 Å². The zero-order valence-electron chi connectivity index (χ0n) is 14.0. The predicted molar refractivity (Wildman–Crippen MR) is 97.5 cm³/mol. The van der Waals surface area contributed by atoms with E-state index in [1.807, 2.05) is 0 Å². The first-order valence-electron chi connectivity index (χ1n) is 7.65. The molecule has 1 aromatic carbocycles. The monoisotopic (exact) mass is 394 g/mol. The van der Waals surface area contributed by atoms with Gasteiger partial charge in [0.2, 0.25) is 0 Å². The third kappa shape index (κ3) is 3.86. The Morgan fingerprint density at radius 3 is 2.62 bits per heavy atom. The molecule has 0 aliphatic carbocycles. The Kier molecular flexibility index (Phi) is 4.97. The van der Waals surface area contributed by atoms with Crippen molar-refractivity contribution in [2.45, 2.75) is 18.0 Å². The fourth-order valence-electron chi connectivity index (χ4n) is 2.56. The molecule has 6 nitrogen and oxygen atoms in total. The zero-order chi connectivity index (χ0) is 18.9. The largest absolute Gasteiger partial charge is 0.356 e. The average molecular weight is 395 g/mol. The van der Waals surface area contributed by atoms with Crippen LogP contribution in [0.3, 0.4) is 0 Å². The molecule has 2 heterocycles. The summed E-state index contributed by atoms with van der Waals surface area (Å²) >= 11 is 5.91. The predicted octanol–water partition coefficient (Wildman–Crippen LogP) is 3.51. The molecule has 0 saturated heterocycles. The number of aromatic nitrogens is 3. The van der Waals surface area contributed by atoms with E-state index in [0.29, 0.717) is 22.9 Å². The molecule has 0 amide bonds. The first-order valence-corrected chi connectivity index (χ1v) is 9.91. The molecule has 2 aromatic heterocycles. The van der Waals surface area contributed by atoms with Crippen LogP contribution in [0.2, 0.25) is 5.02 Å². The van der Waals surface area contributed by atoms with Crippen molar-refractivity contribution < 1.29 is 12.8 Å². The number of H-pyrrole nitrogens is 1. The number of rotatable bonds is 5. The Hall–Kier alpha value is -2.45. The fraction of sp³-hybridized carbons (Fsp3) is 0.176. The molecule has 0 unspecified atom stereocenters. The molecule has 3 rings (SSSR count). The molecular formula is C17H16ClFN4O2S. The van der Waals surface area contributed by atoms with Crippen LogP contribution in [-0.4, -0.2) is 29.6 Å². The molecule has 2 N–H and O–H groups in total. The van der Waals surface area contributed by atoms with E-state index >= 15 is 0 Å². The molecule has 0 spiro atoms. The minimum atomic E-state index is -3.49. The quantitative estimate of drug-likeness (QED) is 0.691. The van der Waals surface area contributed by atoms with Gasteiger partial charge < -0.3 is 10.3 Å². The van der Waals surface area contributed by atoms with E-state index in [0.717, 1.165) is 6.26 Å².